The van der Waals surface area contributed by atoms with Crippen molar-refractivity contribution in [2.45, 2.75) is 51.5 Å². The van der Waals surface area contributed by atoms with Crippen molar-refractivity contribution in [1.29, 1.82) is 0 Å². The molecule has 5 nitrogen and oxygen atoms in total. The summed E-state index contributed by atoms with van der Waals surface area (Å²) in [5, 5.41) is 12.4. The Morgan fingerprint density at radius 2 is 1.79 bits per heavy atom. The van der Waals surface area contributed by atoms with Crippen LogP contribution in [0.3, 0.4) is 0 Å². The summed E-state index contributed by atoms with van der Waals surface area (Å²) in [6.45, 7) is 1.22. The van der Waals surface area contributed by atoms with Gasteiger partial charge in [-0.05, 0) is 74.8 Å². The first-order valence-electron chi connectivity index (χ1n) is 10.5. The van der Waals surface area contributed by atoms with Crippen molar-refractivity contribution in [3.8, 4) is 0 Å². The molecule has 0 atom stereocenters. The number of nitrogens with one attached hydrogen (secondary N) is 1. The predicted molar refractivity (Wildman–Crippen MR) is 116 cm³/mol. The Morgan fingerprint density at radius 3 is 2.43 bits per heavy atom. The Morgan fingerprint density at radius 1 is 1.14 bits per heavy atom. The van der Waals surface area contributed by atoms with Gasteiger partial charge in [-0.15, -0.1) is 17.0 Å². The number of carbonyl (C=O) groups is 1. The minimum Gasteiger partial charge on any atom is -0.396 e. The van der Waals surface area contributed by atoms with E-state index in [1.807, 2.05) is 24.3 Å². The zero-order valence-electron chi connectivity index (χ0n) is 16.3. The number of fused-ring (bicyclic) bond motifs is 1. The second kappa shape index (κ2) is 7.79. The van der Waals surface area contributed by atoms with Crippen molar-refractivity contribution in [2.75, 3.05) is 18.5 Å². The van der Waals surface area contributed by atoms with Gasteiger partial charge in [-0.25, -0.2) is 4.98 Å². The molecule has 2 aromatic rings. The van der Waals surface area contributed by atoms with Gasteiger partial charge in [0.25, 0.3) is 0 Å². The van der Waals surface area contributed by atoms with Crippen LogP contribution in [0.4, 0.5) is 5.95 Å². The Balaban J connectivity index is 0.00000192. The molecule has 6 rings (SSSR count). The lowest BCUT2D eigenvalue weighted by Gasteiger charge is -2.56. The van der Waals surface area contributed by atoms with Crippen molar-refractivity contribution in [2.24, 2.45) is 23.2 Å². The first kappa shape index (κ1) is 19.9. The van der Waals surface area contributed by atoms with Crippen molar-refractivity contribution in [1.82, 2.24) is 9.55 Å². The van der Waals surface area contributed by atoms with E-state index >= 15 is 0 Å². The third kappa shape index (κ3) is 3.39. The Hall–Kier alpha value is -1.40. The molecule has 0 amide bonds. The fourth-order valence-electron chi connectivity index (χ4n) is 6.41. The number of imidazole rings is 1. The summed E-state index contributed by atoms with van der Waals surface area (Å²) in [4.78, 5) is 18.3. The summed E-state index contributed by atoms with van der Waals surface area (Å²) in [6, 6.07) is 8.04. The third-order valence-electron chi connectivity index (χ3n) is 7.20. The van der Waals surface area contributed by atoms with Crippen molar-refractivity contribution in [3.05, 3.63) is 24.3 Å². The SMILES string of the molecule is Br.O=C(Cn1c(NCCCO)nc2ccccc21)C12CC3CC(CC(C3)C1)C2. The van der Waals surface area contributed by atoms with E-state index in [0.29, 0.717) is 25.3 Å². The minimum absolute atomic E-state index is 0. The third-order valence-corrected chi connectivity index (χ3v) is 7.20. The number of aliphatic hydroxyl groups excluding tert-OH is 1. The highest BCUT2D eigenvalue weighted by Crippen LogP contribution is 2.60. The Kier molecular flexibility index (Phi) is 5.53. The molecule has 28 heavy (non-hydrogen) atoms. The average Bonchev–Trinajstić information content (AvgIpc) is 2.98. The molecule has 6 heteroatoms. The van der Waals surface area contributed by atoms with E-state index in [9.17, 15) is 4.79 Å². The van der Waals surface area contributed by atoms with Gasteiger partial charge >= 0.3 is 0 Å². The summed E-state index contributed by atoms with van der Waals surface area (Å²) in [7, 11) is 0. The number of carbonyl (C=O) groups excluding carboxylic acids is 1. The van der Waals surface area contributed by atoms with Crippen molar-refractivity contribution < 1.29 is 9.90 Å². The van der Waals surface area contributed by atoms with Crippen LogP contribution in [0.15, 0.2) is 24.3 Å². The molecule has 0 radical (unpaired) electrons. The van der Waals surface area contributed by atoms with E-state index in [0.717, 1.165) is 54.0 Å². The number of nitrogens with zero attached hydrogens (tertiary/aromatic N) is 2. The van der Waals surface area contributed by atoms with Crippen LogP contribution in [0.5, 0.6) is 0 Å². The number of para-hydroxylation sites is 2. The van der Waals surface area contributed by atoms with Gasteiger partial charge < -0.3 is 15.0 Å². The zero-order chi connectivity index (χ0) is 18.4. The van der Waals surface area contributed by atoms with Crippen LogP contribution in [0.25, 0.3) is 11.0 Å². The van der Waals surface area contributed by atoms with Gasteiger partial charge in [-0.1, -0.05) is 12.1 Å². The summed E-state index contributed by atoms with van der Waals surface area (Å²) < 4.78 is 2.06. The quantitative estimate of drug-likeness (QED) is 0.624. The smallest absolute Gasteiger partial charge is 0.204 e. The molecule has 4 aliphatic carbocycles. The van der Waals surface area contributed by atoms with Crippen LogP contribution < -0.4 is 5.32 Å². The minimum atomic E-state index is -0.0809. The lowest BCUT2D eigenvalue weighted by Crippen LogP contribution is -2.50. The molecule has 1 aromatic carbocycles. The molecule has 1 aromatic heterocycles. The van der Waals surface area contributed by atoms with Gasteiger partial charge in [0.1, 0.15) is 0 Å². The van der Waals surface area contributed by atoms with E-state index in [1.54, 1.807) is 0 Å². The normalized spacial score (nSPS) is 30.4. The lowest BCUT2D eigenvalue weighted by atomic mass is 9.48. The number of aromatic nitrogens is 2. The molecule has 4 aliphatic rings. The predicted octanol–water partition coefficient (Wildman–Crippen LogP) is 4.19. The number of halogens is 1. The van der Waals surface area contributed by atoms with Crippen LogP contribution >= 0.6 is 17.0 Å². The molecule has 2 N–H and O–H groups in total. The van der Waals surface area contributed by atoms with Gasteiger partial charge in [0.2, 0.25) is 5.95 Å². The molecule has 4 fully saturated rings. The molecule has 0 aliphatic heterocycles. The average molecular weight is 448 g/mol. The van der Waals surface area contributed by atoms with E-state index < -0.39 is 0 Å². The number of rotatable bonds is 7. The van der Waals surface area contributed by atoms with E-state index in [2.05, 4.69) is 9.88 Å². The molecule has 152 valence electrons. The number of hydrogen-bond donors (Lipinski definition) is 2. The molecule has 0 spiro atoms. The monoisotopic (exact) mass is 447 g/mol. The zero-order valence-corrected chi connectivity index (χ0v) is 18.0. The summed E-state index contributed by atoms with van der Waals surface area (Å²) in [5.74, 6) is 3.50. The number of Topliss-reactive ketones (excluding diaryl/α,β-unsaturated/α-hetero) is 1. The number of hydrogen-bond acceptors (Lipinski definition) is 4. The van der Waals surface area contributed by atoms with Crippen LogP contribution in [0.1, 0.15) is 44.9 Å². The molecule has 4 saturated carbocycles. The fourth-order valence-corrected chi connectivity index (χ4v) is 6.41. The second-order valence-corrected chi connectivity index (χ2v) is 9.14. The fraction of sp³-hybridized carbons (Fsp3) is 0.636. The van der Waals surface area contributed by atoms with E-state index in [1.165, 1.54) is 19.3 Å². The van der Waals surface area contributed by atoms with Crippen molar-refractivity contribution in [3.63, 3.8) is 0 Å². The number of benzene rings is 1. The van der Waals surface area contributed by atoms with Crippen LogP contribution in [-0.4, -0.2) is 33.6 Å². The first-order valence-corrected chi connectivity index (χ1v) is 10.5. The molecular formula is C22H30BrN3O2. The summed E-state index contributed by atoms with van der Waals surface area (Å²) >= 11 is 0. The number of ketones is 1. The topological polar surface area (TPSA) is 67.2 Å². The number of anilines is 1. The molecule has 0 saturated heterocycles. The van der Waals surface area contributed by atoms with Gasteiger partial charge in [0.15, 0.2) is 5.78 Å². The van der Waals surface area contributed by atoms with E-state index in [-0.39, 0.29) is 29.0 Å². The first-order chi connectivity index (χ1) is 13.2. The van der Waals surface area contributed by atoms with Gasteiger partial charge in [-0.3, -0.25) is 4.79 Å². The highest BCUT2D eigenvalue weighted by atomic mass is 79.9. The Labute approximate surface area is 176 Å². The van der Waals surface area contributed by atoms with Gasteiger partial charge in [-0.2, -0.15) is 0 Å². The van der Waals surface area contributed by atoms with Crippen LogP contribution in [-0.2, 0) is 11.3 Å². The van der Waals surface area contributed by atoms with Crippen LogP contribution in [0.2, 0.25) is 0 Å². The maximum atomic E-state index is 13.6. The van der Waals surface area contributed by atoms with Crippen LogP contribution in [0, 0.1) is 23.2 Å². The molecule has 1 heterocycles. The highest BCUT2D eigenvalue weighted by molar-refractivity contribution is 8.93. The van der Waals surface area contributed by atoms with Gasteiger partial charge in [0.05, 0.1) is 17.6 Å². The highest BCUT2D eigenvalue weighted by Gasteiger charge is 2.54. The Bertz CT molecular complexity index is 827. The summed E-state index contributed by atoms with van der Waals surface area (Å²) in [6.07, 6.45) is 8.07. The molecule has 4 bridgehead atoms. The van der Waals surface area contributed by atoms with E-state index in [4.69, 9.17) is 10.1 Å². The molecular weight excluding hydrogens is 418 g/mol. The maximum Gasteiger partial charge on any atom is 0.204 e. The molecule has 0 unspecified atom stereocenters. The summed E-state index contributed by atoms with van der Waals surface area (Å²) in [5.41, 5.74) is 1.85. The standard InChI is InChI=1S/C22H29N3O2.BrH/c26-7-3-6-23-21-24-18-4-1-2-5-19(18)25(21)14-20(27)22-11-15-8-16(12-22)10-17(9-15)13-22;/h1-2,4-5,15-17,26H,3,6-14H2,(H,23,24);1H. The lowest BCUT2D eigenvalue weighted by molar-refractivity contribution is -0.144. The van der Waals surface area contributed by atoms with Gasteiger partial charge in [0, 0.05) is 18.6 Å². The number of aliphatic hydroxyl groups is 1. The maximum absolute atomic E-state index is 13.6. The largest absolute Gasteiger partial charge is 0.396 e. The second-order valence-electron chi connectivity index (χ2n) is 9.14. The van der Waals surface area contributed by atoms with Crippen molar-refractivity contribution >= 4 is 39.7 Å².